The summed E-state index contributed by atoms with van der Waals surface area (Å²) in [6, 6.07) is 3.95. The van der Waals surface area contributed by atoms with E-state index in [2.05, 4.69) is 15.0 Å². The molecular formula is C11H11N3. The van der Waals surface area contributed by atoms with E-state index in [4.69, 9.17) is 0 Å². The van der Waals surface area contributed by atoms with Crippen LogP contribution in [0.2, 0.25) is 0 Å². The van der Waals surface area contributed by atoms with Crippen molar-refractivity contribution in [2.45, 2.75) is 13.8 Å². The lowest BCUT2D eigenvalue weighted by atomic mass is 10.1. The van der Waals surface area contributed by atoms with Crippen molar-refractivity contribution in [3.8, 4) is 11.3 Å². The van der Waals surface area contributed by atoms with Crippen LogP contribution >= 0.6 is 0 Å². The lowest BCUT2D eigenvalue weighted by Crippen LogP contribution is -1.93. The Kier molecular flexibility index (Phi) is 2.23. The molecule has 0 amide bonds. The van der Waals surface area contributed by atoms with Gasteiger partial charge in [0.05, 0.1) is 5.69 Å². The van der Waals surface area contributed by atoms with Crippen molar-refractivity contribution in [2.75, 3.05) is 0 Å². The van der Waals surface area contributed by atoms with E-state index in [-0.39, 0.29) is 0 Å². The summed E-state index contributed by atoms with van der Waals surface area (Å²) < 4.78 is 0. The quantitative estimate of drug-likeness (QED) is 0.683. The van der Waals surface area contributed by atoms with Gasteiger partial charge in [0.2, 0.25) is 0 Å². The minimum absolute atomic E-state index is 0.964. The first-order valence-electron chi connectivity index (χ1n) is 4.47. The first kappa shape index (κ1) is 8.81. The monoisotopic (exact) mass is 185 g/mol. The summed E-state index contributed by atoms with van der Waals surface area (Å²) in [6.45, 7) is 3.98. The van der Waals surface area contributed by atoms with Crippen LogP contribution in [-0.4, -0.2) is 15.0 Å². The molecule has 2 rings (SSSR count). The minimum Gasteiger partial charge on any atom is -0.261 e. The Hall–Kier alpha value is -1.77. The Morgan fingerprint density at radius 3 is 2.71 bits per heavy atom. The van der Waals surface area contributed by atoms with E-state index in [0.717, 1.165) is 22.5 Å². The fourth-order valence-corrected chi connectivity index (χ4v) is 1.42. The molecule has 0 radical (unpaired) electrons. The van der Waals surface area contributed by atoms with Crippen LogP contribution in [0.5, 0.6) is 0 Å². The molecule has 0 bridgehead atoms. The Morgan fingerprint density at radius 1 is 1.14 bits per heavy atom. The van der Waals surface area contributed by atoms with Crippen molar-refractivity contribution in [1.29, 1.82) is 0 Å². The molecule has 70 valence electrons. The number of hydrogen-bond acceptors (Lipinski definition) is 3. The second kappa shape index (κ2) is 3.54. The van der Waals surface area contributed by atoms with Crippen LogP contribution in [0.1, 0.15) is 11.3 Å². The Labute approximate surface area is 82.9 Å². The van der Waals surface area contributed by atoms with Crippen LogP contribution in [0.3, 0.4) is 0 Å². The van der Waals surface area contributed by atoms with Crippen molar-refractivity contribution in [1.82, 2.24) is 15.0 Å². The summed E-state index contributed by atoms with van der Waals surface area (Å²) in [5.74, 6) is 0. The van der Waals surface area contributed by atoms with Crippen molar-refractivity contribution < 1.29 is 0 Å². The molecule has 14 heavy (non-hydrogen) atoms. The average Bonchev–Trinajstić information content (AvgIpc) is 2.20. The van der Waals surface area contributed by atoms with Crippen LogP contribution in [-0.2, 0) is 0 Å². The van der Waals surface area contributed by atoms with Gasteiger partial charge in [-0.1, -0.05) is 0 Å². The molecule has 0 aliphatic carbocycles. The zero-order valence-electron chi connectivity index (χ0n) is 8.23. The standard InChI is InChI=1S/C11H11N3/c1-8-6-12-7-14-11(8)10-4-3-5-13-9(10)2/h3-7H,1-2H3. The topological polar surface area (TPSA) is 38.7 Å². The van der Waals surface area contributed by atoms with E-state index in [1.165, 1.54) is 0 Å². The van der Waals surface area contributed by atoms with Gasteiger partial charge in [0.15, 0.2) is 0 Å². The highest BCUT2D eigenvalue weighted by molar-refractivity contribution is 5.64. The summed E-state index contributed by atoms with van der Waals surface area (Å²) in [4.78, 5) is 12.5. The van der Waals surface area contributed by atoms with Gasteiger partial charge >= 0.3 is 0 Å². The third kappa shape index (κ3) is 1.48. The largest absolute Gasteiger partial charge is 0.261 e. The van der Waals surface area contributed by atoms with Gasteiger partial charge < -0.3 is 0 Å². The van der Waals surface area contributed by atoms with Gasteiger partial charge in [0.1, 0.15) is 6.33 Å². The number of rotatable bonds is 1. The Bertz CT molecular complexity index is 408. The highest BCUT2D eigenvalue weighted by Gasteiger charge is 2.05. The number of aromatic nitrogens is 3. The van der Waals surface area contributed by atoms with E-state index in [0.29, 0.717) is 0 Å². The van der Waals surface area contributed by atoms with Crippen molar-refractivity contribution >= 4 is 0 Å². The Balaban J connectivity index is 2.61. The fraction of sp³-hybridized carbons (Fsp3) is 0.182. The van der Waals surface area contributed by atoms with Crippen molar-refractivity contribution in [2.24, 2.45) is 0 Å². The average molecular weight is 185 g/mol. The number of aryl methyl sites for hydroxylation is 2. The summed E-state index contributed by atoms with van der Waals surface area (Å²) in [5, 5.41) is 0. The summed E-state index contributed by atoms with van der Waals surface area (Å²) in [7, 11) is 0. The van der Waals surface area contributed by atoms with Crippen molar-refractivity contribution in [3.05, 3.63) is 42.1 Å². The molecule has 0 atom stereocenters. The number of nitrogens with zero attached hydrogens (tertiary/aromatic N) is 3. The lowest BCUT2D eigenvalue weighted by Gasteiger charge is -2.05. The first-order valence-corrected chi connectivity index (χ1v) is 4.47. The summed E-state index contributed by atoms with van der Waals surface area (Å²) in [5.41, 5.74) is 4.11. The van der Waals surface area contributed by atoms with E-state index in [1.807, 2.05) is 32.2 Å². The molecule has 0 fully saturated rings. The molecule has 0 saturated heterocycles. The van der Waals surface area contributed by atoms with E-state index < -0.39 is 0 Å². The van der Waals surface area contributed by atoms with Crippen LogP contribution in [0.25, 0.3) is 11.3 Å². The van der Waals surface area contributed by atoms with E-state index >= 15 is 0 Å². The molecule has 3 nitrogen and oxygen atoms in total. The maximum Gasteiger partial charge on any atom is 0.116 e. The maximum atomic E-state index is 4.26. The number of pyridine rings is 1. The van der Waals surface area contributed by atoms with E-state index in [1.54, 1.807) is 12.5 Å². The molecule has 0 unspecified atom stereocenters. The minimum atomic E-state index is 0.964. The Morgan fingerprint density at radius 2 is 2.00 bits per heavy atom. The molecule has 2 aromatic heterocycles. The third-order valence-corrected chi connectivity index (χ3v) is 2.16. The first-order chi connectivity index (χ1) is 6.79. The molecular weight excluding hydrogens is 174 g/mol. The second-order valence-electron chi connectivity index (χ2n) is 3.19. The molecule has 0 saturated carbocycles. The van der Waals surface area contributed by atoms with Gasteiger partial charge in [-0.25, -0.2) is 9.97 Å². The van der Waals surface area contributed by atoms with Crippen LogP contribution in [0.4, 0.5) is 0 Å². The summed E-state index contributed by atoms with van der Waals surface area (Å²) in [6.07, 6.45) is 5.17. The maximum absolute atomic E-state index is 4.26. The van der Waals surface area contributed by atoms with Crippen LogP contribution < -0.4 is 0 Å². The third-order valence-electron chi connectivity index (χ3n) is 2.16. The predicted octanol–water partition coefficient (Wildman–Crippen LogP) is 2.16. The molecule has 0 aliphatic heterocycles. The number of hydrogen-bond donors (Lipinski definition) is 0. The van der Waals surface area contributed by atoms with Crippen molar-refractivity contribution in [3.63, 3.8) is 0 Å². The van der Waals surface area contributed by atoms with Crippen LogP contribution in [0, 0.1) is 13.8 Å². The molecule has 0 aromatic carbocycles. The SMILES string of the molecule is Cc1cncnc1-c1cccnc1C. The van der Waals surface area contributed by atoms with Gasteiger partial charge in [0, 0.05) is 23.7 Å². The molecule has 3 heteroatoms. The molecule has 0 N–H and O–H groups in total. The fourth-order valence-electron chi connectivity index (χ4n) is 1.42. The predicted molar refractivity (Wildman–Crippen MR) is 54.7 cm³/mol. The highest BCUT2D eigenvalue weighted by atomic mass is 14.8. The second-order valence-corrected chi connectivity index (χ2v) is 3.19. The molecule has 0 aliphatic rings. The van der Waals surface area contributed by atoms with Crippen LogP contribution in [0.15, 0.2) is 30.9 Å². The van der Waals surface area contributed by atoms with E-state index in [9.17, 15) is 0 Å². The smallest absolute Gasteiger partial charge is 0.116 e. The summed E-state index contributed by atoms with van der Waals surface area (Å²) >= 11 is 0. The normalized spacial score (nSPS) is 10.1. The van der Waals surface area contributed by atoms with Gasteiger partial charge in [-0.05, 0) is 31.5 Å². The van der Waals surface area contributed by atoms with Gasteiger partial charge in [-0.15, -0.1) is 0 Å². The van der Waals surface area contributed by atoms with Gasteiger partial charge in [0.25, 0.3) is 0 Å². The lowest BCUT2D eigenvalue weighted by molar-refractivity contribution is 1.11. The highest BCUT2D eigenvalue weighted by Crippen LogP contribution is 2.21. The van der Waals surface area contributed by atoms with Gasteiger partial charge in [-0.3, -0.25) is 4.98 Å². The molecule has 2 heterocycles. The van der Waals surface area contributed by atoms with Gasteiger partial charge in [-0.2, -0.15) is 0 Å². The zero-order valence-corrected chi connectivity index (χ0v) is 8.23. The zero-order chi connectivity index (χ0) is 9.97. The molecule has 2 aromatic rings. The molecule has 0 spiro atoms.